The summed E-state index contributed by atoms with van der Waals surface area (Å²) in [7, 11) is 6.43. The van der Waals surface area contributed by atoms with Crippen LogP contribution in [0.3, 0.4) is 0 Å². The second-order valence-electron chi connectivity index (χ2n) is 8.22. The van der Waals surface area contributed by atoms with Gasteiger partial charge >= 0.3 is 0 Å². The van der Waals surface area contributed by atoms with Crippen molar-refractivity contribution in [3.05, 3.63) is 53.9 Å². The maximum absolute atomic E-state index is 12.8. The number of carbonyl (C=O) groups excluding carboxylic acids is 2. The monoisotopic (exact) mass is 520 g/mol. The first-order chi connectivity index (χ1) is 19.4. The van der Waals surface area contributed by atoms with Crippen molar-refractivity contribution in [3.63, 3.8) is 0 Å². The van der Waals surface area contributed by atoms with E-state index in [1.54, 1.807) is 38.0 Å². The number of amides is 2. The third-order valence-electron chi connectivity index (χ3n) is 5.41. The van der Waals surface area contributed by atoms with E-state index in [1.807, 2.05) is 12.2 Å². The minimum absolute atomic E-state index is 0.0814. The van der Waals surface area contributed by atoms with Gasteiger partial charge in [0, 0.05) is 61.8 Å². The lowest BCUT2D eigenvalue weighted by Gasteiger charge is -2.16. The van der Waals surface area contributed by atoms with Crippen LogP contribution < -0.4 is 20.7 Å². The molecule has 2 amide bonds. The molecular weight excluding hydrogens is 490 g/mol. The number of pyridine rings is 1. The molecule has 4 heterocycles. The van der Waals surface area contributed by atoms with E-state index in [0.29, 0.717) is 17.1 Å². The molecule has 0 aromatic carbocycles. The van der Waals surface area contributed by atoms with E-state index in [0.717, 1.165) is 5.69 Å². The lowest BCUT2D eigenvalue weighted by atomic mass is 10.1. The van der Waals surface area contributed by atoms with Gasteiger partial charge in [-0.3, -0.25) is 19.3 Å². The zero-order valence-corrected chi connectivity index (χ0v) is 21.3. The van der Waals surface area contributed by atoms with Crippen LogP contribution in [-0.2, 0) is 7.05 Å². The number of hydrogen-bond acceptors (Lipinski definition) is 11. The highest BCUT2D eigenvalue weighted by Gasteiger charge is 2.20. The predicted octanol–water partition coefficient (Wildman–Crippen LogP) is 1.93. The number of ether oxygens (including phenoxy) is 1. The first-order valence-electron chi connectivity index (χ1n) is 12.7. The average molecular weight is 521 g/mol. The number of rotatable bonds is 8. The Balaban J connectivity index is 1.73. The Hall–Kier alpha value is -5.14. The Bertz CT molecular complexity index is 1570. The fourth-order valence-electron chi connectivity index (χ4n) is 3.41. The van der Waals surface area contributed by atoms with Gasteiger partial charge in [-0.25, -0.2) is 9.97 Å². The summed E-state index contributed by atoms with van der Waals surface area (Å²) in [5.74, 6) is -0.178. The van der Waals surface area contributed by atoms with E-state index in [4.69, 9.17) is 8.85 Å². The van der Waals surface area contributed by atoms with Gasteiger partial charge in [-0.15, -0.1) is 10.2 Å². The van der Waals surface area contributed by atoms with Gasteiger partial charge in [0.1, 0.15) is 5.69 Å². The van der Waals surface area contributed by atoms with Crippen LogP contribution in [0.2, 0.25) is 0 Å². The van der Waals surface area contributed by atoms with Crippen LogP contribution in [0.25, 0.3) is 11.3 Å². The lowest BCUT2D eigenvalue weighted by Crippen LogP contribution is -2.22. The molecule has 0 bridgehead atoms. The summed E-state index contributed by atoms with van der Waals surface area (Å²) in [5, 5.41) is 20.2. The van der Waals surface area contributed by atoms with Gasteiger partial charge in [-0.05, 0) is 13.0 Å². The molecule has 0 atom stereocenters. The first kappa shape index (κ1) is 22.1. The zero-order chi connectivity index (χ0) is 29.9. The van der Waals surface area contributed by atoms with Gasteiger partial charge in [0.25, 0.3) is 11.8 Å². The Morgan fingerprint density at radius 3 is 2.53 bits per heavy atom. The van der Waals surface area contributed by atoms with Crippen LogP contribution in [0.5, 0.6) is 5.75 Å². The number of anilines is 4. The van der Waals surface area contributed by atoms with E-state index in [9.17, 15) is 9.59 Å². The standard InChI is InChI=1S/C24H27N11O3/c1-13-9-19(33-35(13)5)30-18-10-15(20(32-31-18)23(36)25-2)29-22-21(38-6)14(7-8-26-22)16-11-28-17(12-27-16)24(37)34(3)4/h7-12H,1-6H3,(H,25,36)(H2,26,29,30,31,33)/i2D3. The molecular formula is C24H27N11O3. The highest BCUT2D eigenvalue weighted by molar-refractivity contribution is 5.98. The first-order valence-corrected chi connectivity index (χ1v) is 11.2. The molecule has 4 rings (SSSR count). The van der Waals surface area contributed by atoms with Crippen molar-refractivity contribution in [1.29, 1.82) is 0 Å². The van der Waals surface area contributed by atoms with Crippen molar-refractivity contribution in [3.8, 4) is 17.0 Å². The average Bonchev–Trinajstić information content (AvgIpc) is 3.23. The minimum atomic E-state index is -2.76. The smallest absolute Gasteiger partial charge is 0.273 e. The Morgan fingerprint density at radius 1 is 1.08 bits per heavy atom. The number of aromatic nitrogens is 7. The van der Waals surface area contributed by atoms with Gasteiger partial charge in [0.2, 0.25) is 0 Å². The normalized spacial score (nSPS) is 12.1. The van der Waals surface area contributed by atoms with Crippen LogP contribution in [0.15, 0.2) is 36.8 Å². The van der Waals surface area contributed by atoms with E-state index in [-0.39, 0.29) is 40.4 Å². The van der Waals surface area contributed by atoms with Crippen LogP contribution in [0.1, 0.15) is 30.8 Å². The fourth-order valence-corrected chi connectivity index (χ4v) is 3.41. The van der Waals surface area contributed by atoms with Gasteiger partial charge in [-0.2, -0.15) is 5.10 Å². The third kappa shape index (κ3) is 5.33. The van der Waals surface area contributed by atoms with Crippen molar-refractivity contribution in [2.24, 2.45) is 7.05 Å². The van der Waals surface area contributed by atoms with E-state index in [1.165, 1.54) is 36.7 Å². The number of nitrogens with one attached hydrogen (secondary N) is 3. The highest BCUT2D eigenvalue weighted by Crippen LogP contribution is 2.36. The zero-order valence-electron chi connectivity index (χ0n) is 24.3. The van der Waals surface area contributed by atoms with Crippen LogP contribution in [-0.4, -0.2) is 79.8 Å². The molecule has 38 heavy (non-hydrogen) atoms. The van der Waals surface area contributed by atoms with Gasteiger partial charge in [0.05, 0.1) is 30.9 Å². The molecule has 0 spiro atoms. The minimum Gasteiger partial charge on any atom is -0.492 e. The summed E-state index contributed by atoms with van der Waals surface area (Å²) in [6.45, 7) is -0.880. The van der Waals surface area contributed by atoms with Crippen molar-refractivity contribution in [1.82, 2.24) is 45.1 Å². The van der Waals surface area contributed by atoms with Crippen molar-refractivity contribution < 1.29 is 18.4 Å². The molecule has 4 aromatic heterocycles. The molecule has 3 N–H and O–H groups in total. The van der Waals surface area contributed by atoms with Crippen molar-refractivity contribution in [2.45, 2.75) is 6.92 Å². The maximum Gasteiger partial charge on any atom is 0.273 e. The maximum atomic E-state index is 12.8. The SMILES string of the molecule is [2H]C([2H])([2H])NC(=O)c1nnc(Nc2cc(C)n(C)n2)cc1Nc1nccc(-c2cnc(C(=O)N(C)C)cn2)c1OC. The van der Waals surface area contributed by atoms with Crippen molar-refractivity contribution >= 4 is 35.0 Å². The van der Waals surface area contributed by atoms with Gasteiger partial charge < -0.3 is 25.6 Å². The highest BCUT2D eigenvalue weighted by atomic mass is 16.5. The number of aryl methyl sites for hydroxylation is 2. The molecule has 0 aliphatic heterocycles. The molecule has 0 unspecified atom stereocenters. The second-order valence-corrected chi connectivity index (χ2v) is 8.22. The lowest BCUT2D eigenvalue weighted by molar-refractivity contribution is 0.0821. The van der Waals surface area contributed by atoms with Gasteiger partial charge in [-0.1, -0.05) is 0 Å². The molecule has 196 valence electrons. The predicted molar refractivity (Wildman–Crippen MR) is 140 cm³/mol. The van der Waals surface area contributed by atoms with E-state index < -0.39 is 12.9 Å². The summed E-state index contributed by atoms with van der Waals surface area (Å²) in [5.41, 5.74) is 1.71. The van der Waals surface area contributed by atoms with Crippen molar-refractivity contribution in [2.75, 3.05) is 38.8 Å². The number of carbonyl (C=O) groups is 2. The molecule has 0 aliphatic carbocycles. The molecule has 4 aromatic rings. The summed E-state index contributed by atoms with van der Waals surface area (Å²) in [4.78, 5) is 39.3. The topological polar surface area (TPSA) is 165 Å². The van der Waals surface area contributed by atoms with E-state index >= 15 is 0 Å². The molecule has 0 radical (unpaired) electrons. The van der Waals surface area contributed by atoms with E-state index in [2.05, 4.69) is 40.9 Å². The Labute approximate surface area is 222 Å². The third-order valence-corrected chi connectivity index (χ3v) is 5.41. The number of nitrogens with zero attached hydrogens (tertiary/aromatic N) is 8. The quantitative estimate of drug-likeness (QED) is 0.311. The summed E-state index contributed by atoms with van der Waals surface area (Å²) >= 11 is 0. The van der Waals surface area contributed by atoms with Crippen LogP contribution in [0.4, 0.5) is 23.1 Å². The summed E-state index contributed by atoms with van der Waals surface area (Å²) in [6.07, 6.45) is 4.26. The molecule has 0 saturated heterocycles. The summed E-state index contributed by atoms with van der Waals surface area (Å²) < 4.78 is 29.5. The van der Waals surface area contributed by atoms with Gasteiger partial charge in [0.15, 0.2) is 28.9 Å². The largest absolute Gasteiger partial charge is 0.492 e. The number of hydrogen-bond donors (Lipinski definition) is 3. The van der Waals surface area contributed by atoms with Crippen LogP contribution >= 0.6 is 0 Å². The second kappa shape index (κ2) is 10.9. The number of methoxy groups -OCH3 is 1. The summed E-state index contributed by atoms with van der Waals surface area (Å²) in [6, 6.07) is 4.89. The fraction of sp³-hybridized carbons (Fsp3) is 0.250. The van der Waals surface area contributed by atoms with Crippen LogP contribution in [0, 0.1) is 6.92 Å². The molecule has 0 saturated carbocycles. The molecule has 14 heteroatoms. The molecule has 14 nitrogen and oxygen atoms in total. The Kier molecular flexibility index (Phi) is 6.31. The Morgan fingerprint density at radius 2 is 1.89 bits per heavy atom. The molecule has 0 fully saturated rings. The molecule has 0 aliphatic rings.